The summed E-state index contributed by atoms with van der Waals surface area (Å²) in [5, 5.41) is 9.99. The van der Waals surface area contributed by atoms with Gasteiger partial charge in [-0.25, -0.2) is 0 Å². The average molecular weight is 234 g/mol. The molecule has 0 atom stereocenters. The Balaban J connectivity index is 3.44. The normalized spacial score (nSPS) is 9.59. The number of ketones is 2. The van der Waals surface area contributed by atoms with Crippen LogP contribution in [0.1, 0.15) is 19.4 Å². The Hall–Kier alpha value is -2.10. The lowest BCUT2D eigenvalue weighted by Crippen LogP contribution is -2.10. The third kappa shape index (κ3) is 2.72. The van der Waals surface area contributed by atoms with Crippen molar-refractivity contribution in [2.24, 2.45) is 0 Å². The molecular formula is C13H14O4. The number of carbonyl (C=O) groups is 2. The second kappa shape index (κ2) is 5.30. The first-order chi connectivity index (χ1) is 7.99. The zero-order chi connectivity index (χ0) is 13.0. The van der Waals surface area contributed by atoms with Crippen LogP contribution >= 0.6 is 0 Å². The number of ether oxygens (including phenoxy) is 1. The highest BCUT2D eigenvalue weighted by Crippen LogP contribution is 2.26. The molecule has 0 amide bonds. The summed E-state index contributed by atoms with van der Waals surface area (Å²) in [6.45, 7) is 2.48. The number of aliphatic hydroxyl groups excluding tert-OH is 1. The number of hydrogen-bond acceptors (Lipinski definition) is 4. The van der Waals surface area contributed by atoms with E-state index < -0.39 is 11.6 Å². The van der Waals surface area contributed by atoms with E-state index in [0.29, 0.717) is 11.3 Å². The van der Waals surface area contributed by atoms with Gasteiger partial charge in [-0.3, -0.25) is 9.59 Å². The number of rotatable bonds is 4. The van der Waals surface area contributed by atoms with Crippen molar-refractivity contribution in [3.63, 3.8) is 0 Å². The van der Waals surface area contributed by atoms with Gasteiger partial charge in [-0.05, 0) is 26.0 Å². The molecule has 1 rings (SSSR count). The molecule has 1 aromatic rings. The summed E-state index contributed by atoms with van der Waals surface area (Å²) in [5.41, 5.74) is 0.116. The predicted octanol–water partition coefficient (Wildman–Crippen LogP) is 2.14. The molecule has 1 aromatic carbocycles. The van der Waals surface area contributed by atoms with E-state index in [9.17, 15) is 14.7 Å². The lowest BCUT2D eigenvalue weighted by molar-refractivity contribution is -0.119. The highest BCUT2D eigenvalue weighted by Gasteiger charge is 2.19. The maximum Gasteiger partial charge on any atom is 0.167 e. The molecule has 0 bridgehead atoms. The van der Waals surface area contributed by atoms with Crippen molar-refractivity contribution in [3.05, 3.63) is 35.4 Å². The number of Topliss-reactive ketones (excluding diaryl/α,β-unsaturated/α-hetero) is 2. The smallest absolute Gasteiger partial charge is 0.167 e. The zero-order valence-corrected chi connectivity index (χ0v) is 9.98. The van der Waals surface area contributed by atoms with E-state index in [0.717, 1.165) is 0 Å². The summed E-state index contributed by atoms with van der Waals surface area (Å²) < 4.78 is 5.06. The van der Waals surface area contributed by atoms with Gasteiger partial charge >= 0.3 is 0 Å². The van der Waals surface area contributed by atoms with E-state index in [1.165, 1.54) is 21.0 Å². The summed E-state index contributed by atoms with van der Waals surface area (Å²) in [4.78, 5) is 22.6. The van der Waals surface area contributed by atoms with Crippen molar-refractivity contribution >= 4 is 17.3 Å². The molecule has 0 fully saturated rings. The van der Waals surface area contributed by atoms with Crippen LogP contribution in [0.5, 0.6) is 5.75 Å². The second-order valence-corrected chi connectivity index (χ2v) is 3.54. The van der Waals surface area contributed by atoms with Crippen molar-refractivity contribution in [2.45, 2.75) is 13.8 Å². The number of benzene rings is 1. The number of aliphatic hydroxyl groups is 1. The van der Waals surface area contributed by atoms with Gasteiger partial charge in [-0.15, -0.1) is 0 Å². The molecule has 0 aliphatic carbocycles. The van der Waals surface area contributed by atoms with Crippen LogP contribution in [-0.4, -0.2) is 23.8 Å². The van der Waals surface area contributed by atoms with Crippen LogP contribution in [0.3, 0.4) is 0 Å². The van der Waals surface area contributed by atoms with E-state index in [2.05, 4.69) is 0 Å². The van der Waals surface area contributed by atoms with Gasteiger partial charge < -0.3 is 9.84 Å². The predicted molar refractivity (Wildman–Crippen MR) is 63.9 cm³/mol. The first-order valence-corrected chi connectivity index (χ1v) is 5.07. The van der Waals surface area contributed by atoms with Gasteiger partial charge in [-0.1, -0.05) is 12.1 Å². The largest absolute Gasteiger partial charge is 0.506 e. The fourth-order valence-electron chi connectivity index (χ4n) is 1.56. The Kier molecular flexibility index (Phi) is 4.04. The minimum absolute atomic E-state index is 0.213. The van der Waals surface area contributed by atoms with Gasteiger partial charge in [0.2, 0.25) is 0 Å². The molecule has 0 unspecified atom stereocenters. The maximum absolute atomic E-state index is 11.3. The summed E-state index contributed by atoms with van der Waals surface area (Å²) in [7, 11) is 1.45. The fraction of sp³-hybridized carbons (Fsp3) is 0.231. The van der Waals surface area contributed by atoms with Crippen LogP contribution in [0.15, 0.2) is 29.8 Å². The number of allylic oxidation sites excluding steroid dienone is 1. The molecule has 0 saturated heterocycles. The lowest BCUT2D eigenvalue weighted by Gasteiger charge is -2.09. The zero-order valence-electron chi connectivity index (χ0n) is 9.98. The number of hydrogen-bond donors (Lipinski definition) is 1. The van der Waals surface area contributed by atoms with Crippen molar-refractivity contribution in [2.75, 3.05) is 7.11 Å². The molecule has 0 radical (unpaired) electrons. The molecule has 17 heavy (non-hydrogen) atoms. The summed E-state index contributed by atoms with van der Waals surface area (Å²) in [6, 6.07) is 6.65. The summed E-state index contributed by atoms with van der Waals surface area (Å²) >= 11 is 0. The van der Waals surface area contributed by atoms with Gasteiger partial charge in [-0.2, -0.15) is 0 Å². The standard InChI is InChI=1S/C13H14O4/c1-8(14)12(9(2)15)13(16)10-6-4-5-7-11(10)17-3/h4-7,16H,1-3H3. The van der Waals surface area contributed by atoms with E-state index >= 15 is 0 Å². The van der Waals surface area contributed by atoms with Crippen LogP contribution in [0, 0.1) is 0 Å². The van der Waals surface area contributed by atoms with Gasteiger partial charge in [0.15, 0.2) is 11.6 Å². The van der Waals surface area contributed by atoms with E-state index in [-0.39, 0.29) is 11.3 Å². The molecule has 0 spiro atoms. The van der Waals surface area contributed by atoms with Crippen molar-refractivity contribution in [3.8, 4) is 5.75 Å². The molecule has 0 aliphatic heterocycles. The van der Waals surface area contributed by atoms with Gasteiger partial charge in [0.1, 0.15) is 17.1 Å². The SMILES string of the molecule is COc1ccccc1C(O)=C(C(C)=O)C(C)=O. The molecule has 0 heterocycles. The topological polar surface area (TPSA) is 63.6 Å². The number of para-hydroxylation sites is 1. The Bertz CT molecular complexity index is 470. The quantitative estimate of drug-likeness (QED) is 0.375. The van der Waals surface area contributed by atoms with Crippen molar-refractivity contribution < 1.29 is 19.4 Å². The molecule has 4 nitrogen and oxygen atoms in total. The highest BCUT2D eigenvalue weighted by molar-refractivity contribution is 6.23. The number of methoxy groups -OCH3 is 1. The van der Waals surface area contributed by atoms with E-state index in [4.69, 9.17) is 4.74 Å². The molecule has 90 valence electrons. The maximum atomic E-state index is 11.3. The lowest BCUT2D eigenvalue weighted by atomic mass is 10.0. The van der Waals surface area contributed by atoms with Crippen LogP contribution < -0.4 is 4.74 Å². The molecule has 0 aromatic heterocycles. The highest BCUT2D eigenvalue weighted by atomic mass is 16.5. The Morgan fingerprint density at radius 1 is 1.12 bits per heavy atom. The van der Waals surface area contributed by atoms with Gasteiger partial charge in [0, 0.05) is 0 Å². The first-order valence-electron chi connectivity index (χ1n) is 5.07. The first kappa shape index (κ1) is 13.0. The summed E-state index contributed by atoms with van der Waals surface area (Å²) in [5.74, 6) is -0.880. The Morgan fingerprint density at radius 3 is 2.12 bits per heavy atom. The van der Waals surface area contributed by atoms with Gasteiger partial charge in [0.05, 0.1) is 12.7 Å². The third-order valence-electron chi connectivity index (χ3n) is 2.30. The Labute approximate surface area is 99.5 Å². The van der Waals surface area contributed by atoms with Crippen LogP contribution in [0.4, 0.5) is 0 Å². The van der Waals surface area contributed by atoms with E-state index in [1.807, 2.05) is 0 Å². The molecule has 0 saturated carbocycles. The minimum Gasteiger partial charge on any atom is -0.506 e. The van der Waals surface area contributed by atoms with Crippen LogP contribution in [-0.2, 0) is 9.59 Å². The summed E-state index contributed by atoms with van der Waals surface area (Å²) in [6.07, 6.45) is 0. The Morgan fingerprint density at radius 2 is 1.65 bits per heavy atom. The number of carbonyl (C=O) groups excluding carboxylic acids is 2. The molecule has 0 aliphatic rings. The van der Waals surface area contributed by atoms with Crippen LogP contribution in [0.2, 0.25) is 0 Å². The fourth-order valence-corrected chi connectivity index (χ4v) is 1.56. The monoisotopic (exact) mass is 234 g/mol. The van der Waals surface area contributed by atoms with Gasteiger partial charge in [0.25, 0.3) is 0 Å². The molecular weight excluding hydrogens is 220 g/mol. The molecule has 4 heteroatoms. The second-order valence-electron chi connectivity index (χ2n) is 3.54. The average Bonchev–Trinajstić information content (AvgIpc) is 2.27. The third-order valence-corrected chi connectivity index (χ3v) is 2.30. The van der Waals surface area contributed by atoms with Crippen molar-refractivity contribution in [1.29, 1.82) is 0 Å². The van der Waals surface area contributed by atoms with Crippen molar-refractivity contribution in [1.82, 2.24) is 0 Å². The minimum atomic E-state index is -0.471. The molecule has 1 N–H and O–H groups in total. The van der Waals surface area contributed by atoms with E-state index in [1.54, 1.807) is 24.3 Å². The van der Waals surface area contributed by atoms with Crippen LogP contribution in [0.25, 0.3) is 5.76 Å².